The van der Waals surface area contributed by atoms with Crippen molar-refractivity contribution in [2.45, 2.75) is 46.1 Å². The molecule has 0 N–H and O–H groups in total. The predicted molar refractivity (Wildman–Crippen MR) is 122 cm³/mol. The summed E-state index contributed by atoms with van der Waals surface area (Å²) in [6, 6.07) is 24.2. The first-order valence-corrected chi connectivity index (χ1v) is 12.7. The Bertz CT molecular complexity index is 922. The molecule has 0 heterocycles. The van der Waals surface area contributed by atoms with Gasteiger partial charge in [-0.3, -0.25) is 0 Å². The topological polar surface area (TPSA) is 9.23 Å². The molecule has 1 unspecified atom stereocenters. The van der Waals surface area contributed by atoms with E-state index in [-0.39, 0.29) is 32.7 Å². The first-order valence-electron chi connectivity index (χ1n) is 9.50. The lowest BCUT2D eigenvalue weighted by molar-refractivity contribution is -0.598. The summed E-state index contributed by atoms with van der Waals surface area (Å²) in [5, 5.41) is 0. The van der Waals surface area contributed by atoms with E-state index < -0.39 is 0 Å². The van der Waals surface area contributed by atoms with Crippen molar-refractivity contribution >= 4 is 22.6 Å². The van der Waals surface area contributed by atoms with Crippen LogP contribution in [0.15, 0.2) is 66.7 Å². The van der Waals surface area contributed by atoms with Gasteiger partial charge in [0.1, 0.15) is 11.9 Å². The van der Waals surface area contributed by atoms with Crippen molar-refractivity contribution in [1.82, 2.24) is 0 Å². The maximum absolute atomic E-state index is 6.19. The van der Waals surface area contributed by atoms with Gasteiger partial charge in [-0.1, -0.05) is 45.0 Å². The van der Waals surface area contributed by atoms with Crippen LogP contribution in [-0.4, -0.2) is 0 Å². The fourth-order valence-electron chi connectivity index (χ4n) is 2.93. The first-order chi connectivity index (χ1) is 13.2. The van der Waals surface area contributed by atoms with Gasteiger partial charge in [0.2, 0.25) is 0 Å². The van der Waals surface area contributed by atoms with Crippen LogP contribution in [0.25, 0.3) is 0 Å². The zero-order chi connectivity index (χ0) is 20.3. The van der Waals surface area contributed by atoms with Gasteiger partial charge < -0.3 is 4.74 Å². The molecule has 0 aromatic heterocycles. The van der Waals surface area contributed by atoms with E-state index in [0.29, 0.717) is 0 Å². The minimum atomic E-state index is -0.181. The molecule has 0 aliphatic carbocycles. The Balaban J connectivity index is 1.69. The summed E-state index contributed by atoms with van der Waals surface area (Å²) >= 11 is 2.15. The maximum Gasteiger partial charge on any atom is 0.358 e. The molecule has 0 fully saturated rings. The van der Waals surface area contributed by atoms with Crippen LogP contribution < -0.4 is 25.9 Å². The molecule has 3 rings (SSSR count). The fraction of sp³-hybridized carbons (Fsp3) is 0.280. The van der Waals surface area contributed by atoms with Crippen molar-refractivity contribution < 1.29 is 25.9 Å². The Morgan fingerprint density at radius 1 is 0.893 bits per heavy atom. The second-order valence-corrected chi connectivity index (χ2v) is 12.3. The Morgan fingerprint density at radius 2 is 1.54 bits per heavy atom. The van der Waals surface area contributed by atoms with E-state index in [2.05, 4.69) is 124 Å². The molecule has 0 bridgehead atoms. The predicted octanol–water partition coefficient (Wildman–Crippen LogP) is 4.17. The second-order valence-electron chi connectivity index (χ2n) is 8.07. The average molecular weight is 597 g/mol. The molecule has 0 amide bonds. The summed E-state index contributed by atoms with van der Waals surface area (Å²) in [6.07, 6.45) is 0.0434. The van der Waals surface area contributed by atoms with Gasteiger partial charge in [0.05, 0.1) is 0 Å². The van der Waals surface area contributed by atoms with Crippen LogP contribution in [0.4, 0.5) is 0 Å². The zero-order valence-corrected chi connectivity index (χ0v) is 21.4. The molecule has 3 aromatic rings. The maximum atomic E-state index is 6.19. The highest BCUT2D eigenvalue weighted by Crippen LogP contribution is 2.23. The molecule has 0 aliphatic heterocycles. The number of aryl methyl sites for hydroxylation is 1. The number of hydrogen-bond donors (Lipinski definition) is 0. The summed E-state index contributed by atoms with van der Waals surface area (Å²) in [7, 11) is 0. The quantitative estimate of drug-likeness (QED) is 0.402. The van der Waals surface area contributed by atoms with Crippen molar-refractivity contribution in [3.8, 4) is 5.75 Å². The molecule has 1 nitrogen and oxygen atoms in total. The lowest BCUT2D eigenvalue weighted by atomic mass is 9.87. The number of ether oxygens (including phenoxy) is 1. The highest BCUT2D eigenvalue weighted by atomic mass is 127. The van der Waals surface area contributed by atoms with Crippen LogP contribution in [0.5, 0.6) is 5.75 Å². The first kappa shape index (κ1) is 21.6. The number of benzene rings is 3. The Morgan fingerprint density at radius 3 is 2.11 bits per heavy atom. The second kappa shape index (κ2) is 9.16. The largest absolute Gasteiger partial charge is 0.486 e. The minimum absolute atomic E-state index is 0.0434. The van der Waals surface area contributed by atoms with E-state index in [1.54, 1.807) is 0 Å². The molecular formula is C25H27I2O+. The summed E-state index contributed by atoms with van der Waals surface area (Å²) in [6.45, 7) is 11.1. The van der Waals surface area contributed by atoms with Crippen molar-refractivity contribution in [3.63, 3.8) is 0 Å². The van der Waals surface area contributed by atoms with Gasteiger partial charge in [-0.2, -0.15) is 0 Å². The third kappa shape index (κ3) is 5.72. The molecule has 1 atom stereocenters. The van der Waals surface area contributed by atoms with E-state index in [1.807, 2.05) is 0 Å². The monoisotopic (exact) mass is 597 g/mol. The molecule has 0 saturated heterocycles. The standard InChI is InChI=1S/C25H27I2O/c1-17-16-23(28-18(2)19-6-10-21(26)11-7-19)14-15-24(17)27-22-12-8-20(9-13-22)25(3,4)5/h6-16,18H,1-5H3/q+1. The van der Waals surface area contributed by atoms with E-state index in [1.165, 1.54) is 27.4 Å². The van der Waals surface area contributed by atoms with Gasteiger partial charge >= 0.3 is 21.2 Å². The normalized spacial score (nSPS) is 12.6. The smallest absolute Gasteiger partial charge is 0.358 e. The Labute approximate surface area is 193 Å². The van der Waals surface area contributed by atoms with E-state index in [4.69, 9.17) is 4.74 Å². The lowest BCUT2D eigenvalue weighted by Crippen LogP contribution is -3.61. The van der Waals surface area contributed by atoms with Gasteiger partial charge in [0, 0.05) is 9.13 Å². The molecule has 0 radical (unpaired) electrons. The number of rotatable bonds is 5. The summed E-state index contributed by atoms with van der Waals surface area (Å²) in [5.74, 6) is 0.944. The Kier molecular flexibility index (Phi) is 7.07. The molecule has 28 heavy (non-hydrogen) atoms. The Hall–Kier alpha value is -1.08. The summed E-state index contributed by atoms with van der Waals surface area (Å²) in [5.41, 5.74) is 4.12. The molecule has 3 heteroatoms. The van der Waals surface area contributed by atoms with E-state index in [9.17, 15) is 0 Å². The average Bonchev–Trinajstić information content (AvgIpc) is 2.64. The van der Waals surface area contributed by atoms with Crippen molar-refractivity contribution in [2.75, 3.05) is 0 Å². The van der Waals surface area contributed by atoms with Crippen LogP contribution in [0.2, 0.25) is 0 Å². The number of hydrogen-bond acceptors (Lipinski definition) is 1. The van der Waals surface area contributed by atoms with Gasteiger partial charge in [-0.15, -0.1) is 0 Å². The molecule has 146 valence electrons. The molecule has 0 spiro atoms. The lowest BCUT2D eigenvalue weighted by Gasteiger charge is -2.18. The van der Waals surface area contributed by atoms with Crippen molar-refractivity contribution in [1.29, 1.82) is 0 Å². The van der Waals surface area contributed by atoms with Gasteiger partial charge in [-0.25, -0.2) is 0 Å². The van der Waals surface area contributed by atoms with Gasteiger partial charge in [0.25, 0.3) is 0 Å². The van der Waals surface area contributed by atoms with Crippen LogP contribution >= 0.6 is 22.6 Å². The van der Waals surface area contributed by atoms with Crippen LogP contribution in [0.3, 0.4) is 0 Å². The summed E-state index contributed by atoms with van der Waals surface area (Å²) in [4.78, 5) is 0. The van der Waals surface area contributed by atoms with E-state index in [0.717, 1.165) is 5.75 Å². The third-order valence-electron chi connectivity index (χ3n) is 4.70. The SMILES string of the molecule is Cc1cc(OC(C)c2ccc(I)cc2)ccc1[I+]c1ccc(C(C)(C)C)cc1. The van der Waals surface area contributed by atoms with E-state index >= 15 is 0 Å². The fourth-order valence-corrected chi connectivity index (χ4v) is 5.62. The van der Waals surface area contributed by atoms with Crippen LogP contribution in [0, 0.1) is 17.6 Å². The molecule has 0 aliphatic rings. The number of halogens is 2. The van der Waals surface area contributed by atoms with Crippen LogP contribution in [-0.2, 0) is 5.41 Å². The highest BCUT2D eigenvalue weighted by molar-refractivity contribution is 14.1. The van der Waals surface area contributed by atoms with Crippen molar-refractivity contribution in [2.24, 2.45) is 0 Å². The van der Waals surface area contributed by atoms with Gasteiger partial charge in [-0.05, 0) is 95.4 Å². The van der Waals surface area contributed by atoms with Crippen molar-refractivity contribution in [3.05, 3.63) is 94.1 Å². The van der Waals surface area contributed by atoms with Crippen LogP contribution in [0.1, 0.15) is 50.5 Å². The summed E-state index contributed by atoms with van der Waals surface area (Å²) < 4.78 is 10.3. The third-order valence-corrected chi connectivity index (χ3v) is 8.56. The molecule has 3 aromatic carbocycles. The molecular weight excluding hydrogens is 570 g/mol. The minimum Gasteiger partial charge on any atom is -0.486 e. The highest BCUT2D eigenvalue weighted by Gasteiger charge is 2.21. The molecule has 0 saturated carbocycles. The van der Waals surface area contributed by atoms with Gasteiger partial charge in [0.15, 0.2) is 7.14 Å². The zero-order valence-electron chi connectivity index (χ0n) is 17.1.